The Hall–Kier alpha value is -1.88. The molecule has 2 nitrogen and oxygen atoms in total. The normalized spacial score (nSPS) is 18.1. The second kappa shape index (κ2) is 4.59. The molecule has 20 heavy (non-hydrogen) atoms. The van der Waals surface area contributed by atoms with Crippen molar-refractivity contribution < 1.29 is 13.2 Å². The van der Waals surface area contributed by atoms with Crippen LogP contribution in [0.5, 0.6) is 0 Å². The molecular weight excluding hydrogens is 265 g/mol. The van der Waals surface area contributed by atoms with Crippen molar-refractivity contribution in [1.82, 2.24) is 4.98 Å². The molecule has 1 heterocycles. The van der Waals surface area contributed by atoms with Crippen molar-refractivity contribution in [2.75, 3.05) is 0 Å². The Labute approximate surface area is 114 Å². The van der Waals surface area contributed by atoms with Gasteiger partial charge < -0.3 is 5.73 Å². The van der Waals surface area contributed by atoms with Crippen molar-refractivity contribution in [3.05, 3.63) is 53.3 Å². The fourth-order valence-corrected chi connectivity index (χ4v) is 2.64. The lowest BCUT2D eigenvalue weighted by molar-refractivity contribution is -0.137. The average Bonchev–Trinajstić information content (AvgIpc) is 2.80. The maximum absolute atomic E-state index is 12.6. The minimum atomic E-state index is -4.31. The smallest absolute Gasteiger partial charge is 0.324 e. The molecule has 2 N–H and O–H groups in total. The Morgan fingerprint density at radius 2 is 1.80 bits per heavy atom. The van der Waals surface area contributed by atoms with Crippen LogP contribution in [-0.4, -0.2) is 4.98 Å². The number of hydrogen-bond acceptors (Lipinski definition) is 2. The molecule has 0 saturated carbocycles. The van der Waals surface area contributed by atoms with Crippen LogP contribution in [0.3, 0.4) is 0 Å². The van der Waals surface area contributed by atoms with Gasteiger partial charge in [0.2, 0.25) is 0 Å². The number of hydrogen-bond donors (Lipinski definition) is 1. The summed E-state index contributed by atoms with van der Waals surface area (Å²) < 4.78 is 37.7. The van der Waals surface area contributed by atoms with Gasteiger partial charge in [-0.2, -0.15) is 13.2 Å². The van der Waals surface area contributed by atoms with Crippen LogP contribution in [-0.2, 0) is 12.6 Å². The monoisotopic (exact) mass is 278 g/mol. The number of fused-ring (bicyclic) bond motifs is 1. The number of aromatic nitrogens is 1. The van der Waals surface area contributed by atoms with E-state index in [-0.39, 0.29) is 6.04 Å². The molecule has 1 aromatic heterocycles. The molecule has 104 valence electrons. The molecule has 0 spiro atoms. The van der Waals surface area contributed by atoms with Gasteiger partial charge in [-0.15, -0.1) is 0 Å². The lowest BCUT2D eigenvalue weighted by Crippen LogP contribution is -2.05. The van der Waals surface area contributed by atoms with E-state index in [2.05, 4.69) is 4.98 Å². The Bertz CT molecular complexity index is 633. The van der Waals surface area contributed by atoms with E-state index in [0.29, 0.717) is 0 Å². The molecule has 0 aliphatic heterocycles. The van der Waals surface area contributed by atoms with Crippen LogP contribution in [0.15, 0.2) is 36.7 Å². The first-order valence-electron chi connectivity index (χ1n) is 6.37. The Morgan fingerprint density at radius 3 is 2.45 bits per heavy atom. The highest BCUT2D eigenvalue weighted by molar-refractivity contribution is 5.69. The zero-order valence-electron chi connectivity index (χ0n) is 10.6. The molecule has 1 aliphatic carbocycles. The quantitative estimate of drug-likeness (QED) is 0.863. The van der Waals surface area contributed by atoms with Gasteiger partial charge in [0.1, 0.15) is 0 Å². The van der Waals surface area contributed by atoms with E-state index in [9.17, 15) is 13.2 Å². The van der Waals surface area contributed by atoms with Gasteiger partial charge in [-0.25, -0.2) is 0 Å². The van der Waals surface area contributed by atoms with E-state index in [0.717, 1.165) is 47.2 Å². The molecule has 0 amide bonds. The number of rotatable bonds is 1. The highest BCUT2D eigenvalue weighted by Crippen LogP contribution is 2.37. The largest absolute Gasteiger partial charge is 0.416 e. The molecule has 1 unspecified atom stereocenters. The Kier molecular flexibility index (Phi) is 3.01. The average molecular weight is 278 g/mol. The standard InChI is InChI=1S/C15H13F3N2/c16-15(17,18)10-3-1-9(2-4-10)12-7-20-8-13-11(12)5-6-14(13)19/h1-4,7-8,14H,5-6,19H2. The lowest BCUT2D eigenvalue weighted by atomic mass is 9.98. The van der Waals surface area contributed by atoms with Crippen molar-refractivity contribution in [2.24, 2.45) is 5.73 Å². The van der Waals surface area contributed by atoms with Crippen LogP contribution in [0.4, 0.5) is 13.2 Å². The third-order valence-electron chi connectivity index (χ3n) is 3.72. The molecule has 3 rings (SSSR count). The second-order valence-electron chi connectivity index (χ2n) is 4.98. The number of benzene rings is 1. The van der Waals surface area contributed by atoms with Gasteiger partial charge in [0.05, 0.1) is 5.56 Å². The van der Waals surface area contributed by atoms with E-state index < -0.39 is 11.7 Å². The van der Waals surface area contributed by atoms with Crippen LogP contribution >= 0.6 is 0 Å². The summed E-state index contributed by atoms with van der Waals surface area (Å²) in [6.45, 7) is 0. The molecule has 0 radical (unpaired) electrons. The number of nitrogens with two attached hydrogens (primary N) is 1. The van der Waals surface area contributed by atoms with Crippen molar-refractivity contribution >= 4 is 0 Å². The Balaban J connectivity index is 2.03. The van der Waals surface area contributed by atoms with Crippen molar-refractivity contribution in [3.8, 4) is 11.1 Å². The van der Waals surface area contributed by atoms with Crippen LogP contribution in [0.2, 0.25) is 0 Å². The van der Waals surface area contributed by atoms with Gasteiger partial charge in [-0.3, -0.25) is 4.98 Å². The first-order valence-corrected chi connectivity index (χ1v) is 6.37. The molecule has 5 heteroatoms. The highest BCUT2D eigenvalue weighted by atomic mass is 19.4. The van der Waals surface area contributed by atoms with E-state index in [1.807, 2.05) is 0 Å². The fraction of sp³-hybridized carbons (Fsp3) is 0.267. The minimum Gasteiger partial charge on any atom is -0.324 e. The summed E-state index contributed by atoms with van der Waals surface area (Å²) in [4.78, 5) is 4.15. The predicted octanol–water partition coefficient (Wildman–Crippen LogP) is 3.71. The number of nitrogens with zero attached hydrogens (tertiary/aromatic N) is 1. The summed E-state index contributed by atoms with van der Waals surface area (Å²) in [6.07, 6.45) is 0.835. The van der Waals surface area contributed by atoms with Gasteiger partial charge in [-0.05, 0) is 41.7 Å². The first kappa shape index (κ1) is 13.1. The van der Waals surface area contributed by atoms with Crippen LogP contribution in [0.1, 0.15) is 29.2 Å². The summed E-state index contributed by atoms with van der Waals surface area (Å²) in [5, 5.41) is 0. The minimum absolute atomic E-state index is 0.0214. The molecule has 1 atom stereocenters. The van der Waals surface area contributed by atoms with Gasteiger partial charge in [0.15, 0.2) is 0 Å². The fourth-order valence-electron chi connectivity index (χ4n) is 2.64. The molecule has 1 aliphatic rings. The molecule has 2 aromatic rings. The van der Waals surface area contributed by atoms with Gasteiger partial charge >= 0.3 is 6.18 Å². The first-order chi connectivity index (χ1) is 9.47. The van der Waals surface area contributed by atoms with Crippen LogP contribution in [0, 0.1) is 0 Å². The lowest BCUT2D eigenvalue weighted by Gasteiger charge is -2.11. The molecule has 0 bridgehead atoms. The van der Waals surface area contributed by atoms with E-state index in [1.54, 1.807) is 12.4 Å². The zero-order chi connectivity index (χ0) is 14.3. The third kappa shape index (κ3) is 2.18. The van der Waals surface area contributed by atoms with E-state index in [4.69, 9.17) is 5.73 Å². The molecule has 0 saturated heterocycles. The van der Waals surface area contributed by atoms with Crippen LogP contribution in [0.25, 0.3) is 11.1 Å². The van der Waals surface area contributed by atoms with Crippen LogP contribution < -0.4 is 5.73 Å². The van der Waals surface area contributed by atoms with Crippen molar-refractivity contribution in [2.45, 2.75) is 25.1 Å². The highest BCUT2D eigenvalue weighted by Gasteiger charge is 2.30. The summed E-state index contributed by atoms with van der Waals surface area (Å²) in [5.74, 6) is 0. The molecule has 1 aromatic carbocycles. The second-order valence-corrected chi connectivity index (χ2v) is 4.98. The van der Waals surface area contributed by atoms with E-state index in [1.165, 1.54) is 12.1 Å². The maximum atomic E-state index is 12.6. The van der Waals surface area contributed by atoms with Crippen molar-refractivity contribution in [1.29, 1.82) is 0 Å². The Morgan fingerprint density at radius 1 is 1.10 bits per heavy atom. The molecular formula is C15H13F3N2. The SMILES string of the molecule is NC1CCc2c(-c3ccc(C(F)(F)F)cc3)cncc21. The summed E-state index contributed by atoms with van der Waals surface area (Å²) in [7, 11) is 0. The third-order valence-corrected chi connectivity index (χ3v) is 3.72. The van der Waals surface area contributed by atoms with E-state index >= 15 is 0 Å². The number of pyridine rings is 1. The zero-order valence-corrected chi connectivity index (χ0v) is 10.6. The number of alkyl halides is 3. The van der Waals surface area contributed by atoms with Gasteiger partial charge in [0.25, 0.3) is 0 Å². The number of halogens is 3. The van der Waals surface area contributed by atoms with Gasteiger partial charge in [-0.1, -0.05) is 12.1 Å². The summed E-state index contributed by atoms with van der Waals surface area (Å²) in [6, 6.07) is 5.16. The molecule has 0 fully saturated rings. The van der Waals surface area contributed by atoms with Gasteiger partial charge in [0, 0.05) is 24.0 Å². The summed E-state index contributed by atoms with van der Waals surface area (Å²) in [5.41, 5.74) is 9.08. The predicted molar refractivity (Wildman–Crippen MR) is 69.9 cm³/mol. The summed E-state index contributed by atoms with van der Waals surface area (Å²) >= 11 is 0. The maximum Gasteiger partial charge on any atom is 0.416 e. The topological polar surface area (TPSA) is 38.9 Å². The van der Waals surface area contributed by atoms with Crippen molar-refractivity contribution in [3.63, 3.8) is 0 Å².